The Labute approximate surface area is 205 Å². The molecule has 1 aliphatic rings. The predicted molar refractivity (Wildman–Crippen MR) is 127 cm³/mol. The quantitative estimate of drug-likeness (QED) is 0.401. The lowest BCUT2D eigenvalue weighted by molar-refractivity contribution is -0.140. The number of carboxylic acids is 1. The third-order valence-corrected chi connectivity index (χ3v) is 8.12. The number of aliphatic carboxylic acids is 1. The molecule has 0 radical (unpaired) electrons. The van der Waals surface area contributed by atoms with Crippen LogP contribution in [0.4, 0.5) is 18.9 Å². The first kappa shape index (κ1) is 25.1. The fourth-order valence-corrected chi connectivity index (χ4v) is 5.83. The zero-order valence-electron chi connectivity index (χ0n) is 18.5. The van der Waals surface area contributed by atoms with Gasteiger partial charge in [0.1, 0.15) is 6.54 Å². The van der Waals surface area contributed by atoms with Gasteiger partial charge in [0, 0.05) is 5.02 Å². The van der Waals surface area contributed by atoms with Crippen molar-refractivity contribution >= 4 is 33.3 Å². The van der Waals surface area contributed by atoms with Crippen molar-refractivity contribution in [2.24, 2.45) is 0 Å². The van der Waals surface area contributed by atoms with E-state index in [2.05, 4.69) is 0 Å². The summed E-state index contributed by atoms with van der Waals surface area (Å²) in [6.45, 7) is 0.121. The number of carboxylic acid groups (broad SMARTS) is 1. The Morgan fingerprint density at radius 1 is 1.06 bits per heavy atom. The standard InChI is InChI=1S/C25H21ClF3NO4S/c1-16-13-18(24(11-12-24)23(31)32)7-10-22(16)17-5-8-20(9-6-17)30(15-25(27,28)29)35(33,34)21-4-2-3-19(26)14-21/h2-10,13-14H,11-12,15H2,1H3,(H,31,32). The van der Waals surface area contributed by atoms with E-state index in [-0.39, 0.29) is 15.6 Å². The summed E-state index contributed by atoms with van der Waals surface area (Å²) in [7, 11) is -4.55. The van der Waals surface area contributed by atoms with Crippen LogP contribution in [0.1, 0.15) is 24.0 Å². The van der Waals surface area contributed by atoms with E-state index < -0.39 is 34.1 Å². The monoisotopic (exact) mass is 523 g/mol. The lowest BCUT2D eigenvalue weighted by Gasteiger charge is -2.26. The third kappa shape index (κ3) is 5.01. The zero-order valence-corrected chi connectivity index (χ0v) is 20.1. The van der Waals surface area contributed by atoms with Crippen molar-refractivity contribution < 1.29 is 31.5 Å². The molecule has 184 valence electrons. The van der Waals surface area contributed by atoms with Gasteiger partial charge in [0.05, 0.1) is 16.0 Å². The van der Waals surface area contributed by atoms with Crippen LogP contribution in [0, 0.1) is 6.92 Å². The maximum Gasteiger partial charge on any atom is 0.407 e. The van der Waals surface area contributed by atoms with Crippen molar-refractivity contribution in [3.05, 3.63) is 82.9 Å². The molecule has 1 aliphatic carbocycles. The second-order valence-electron chi connectivity index (χ2n) is 8.55. The van der Waals surface area contributed by atoms with Crippen LogP contribution >= 0.6 is 11.6 Å². The van der Waals surface area contributed by atoms with Gasteiger partial charge in [-0.1, -0.05) is 48.0 Å². The molecule has 0 amide bonds. The Morgan fingerprint density at radius 3 is 2.23 bits per heavy atom. The molecule has 0 atom stereocenters. The number of sulfonamides is 1. The van der Waals surface area contributed by atoms with Crippen LogP contribution in [0.3, 0.4) is 0 Å². The molecule has 5 nitrogen and oxygen atoms in total. The van der Waals surface area contributed by atoms with Crippen LogP contribution < -0.4 is 4.31 Å². The summed E-state index contributed by atoms with van der Waals surface area (Å²) in [5.74, 6) is -0.861. The maximum absolute atomic E-state index is 13.3. The molecule has 3 aromatic carbocycles. The molecule has 1 saturated carbocycles. The molecule has 1 fully saturated rings. The lowest BCUT2D eigenvalue weighted by Crippen LogP contribution is -2.39. The molecule has 10 heteroatoms. The third-order valence-electron chi connectivity index (χ3n) is 6.11. The molecule has 1 N–H and O–H groups in total. The largest absolute Gasteiger partial charge is 0.481 e. The first-order chi connectivity index (χ1) is 16.3. The average Bonchev–Trinajstić information content (AvgIpc) is 3.59. The van der Waals surface area contributed by atoms with Gasteiger partial charge in [0.25, 0.3) is 10.0 Å². The Kier molecular flexibility index (Phi) is 6.36. The minimum Gasteiger partial charge on any atom is -0.481 e. The molecule has 0 saturated heterocycles. The summed E-state index contributed by atoms with van der Waals surface area (Å²) < 4.78 is 66.5. The summed E-state index contributed by atoms with van der Waals surface area (Å²) in [5, 5.41) is 9.61. The van der Waals surface area contributed by atoms with E-state index in [1.54, 1.807) is 12.1 Å². The van der Waals surface area contributed by atoms with E-state index in [1.807, 2.05) is 13.0 Å². The minimum atomic E-state index is -4.78. The molecular formula is C25H21ClF3NO4S. The van der Waals surface area contributed by atoms with Crippen molar-refractivity contribution in [1.29, 1.82) is 0 Å². The van der Waals surface area contributed by atoms with Crippen LogP contribution in [0.25, 0.3) is 11.1 Å². The van der Waals surface area contributed by atoms with Crippen molar-refractivity contribution in [3.8, 4) is 11.1 Å². The van der Waals surface area contributed by atoms with Crippen LogP contribution in [-0.2, 0) is 20.2 Å². The molecule has 0 heterocycles. The predicted octanol–water partition coefficient (Wildman–Crippen LogP) is 6.19. The smallest absolute Gasteiger partial charge is 0.407 e. The Balaban J connectivity index is 1.69. The fraction of sp³-hybridized carbons (Fsp3) is 0.240. The topological polar surface area (TPSA) is 74.7 Å². The van der Waals surface area contributed by atoms with Gasteiger partial charge in [-0.2, -0.15) is 13.2 Å². The van der Waals surface area contributed by atoms with E-state index in [4.69, 9.17) is 11.6 Å². The highest BCUT2D eigenvalue weighted by atomic mass is 35.5. The van der Waals surface area contributed by atoms with Crippen molar-refractivity contribution in [1.82, 2.24) is 0 Å². The van der Waals surface area contributed by atoms with Gasteiger partial charge in [0.15, 0.2) is 0 Å². The summed E-state index contributed by atoms with van der Waals surface area (Å²) >= 11 is 5.86. The van der Waals surface area contributed by atoms with Gasteiger partial charge in [-0.3, -0.25) is 9.10 Å². The van der Waals surface area contributed by atoms with E-state index in [0.29, 0.717) is 28.3 Å². The number of aryl methyl sites for hydroxylation is 1. The van der Waals surface area contributed by atoms with Crippen LogP contribution in [0.2, 0.25) is 5.02 Å². The second kappa shape index (κ2) is 8.87. The van der Waals surface area contributed by atoms with Gasteiger partial charge in [-0.05, 0) is 72.4 Å². The van der Waals surface area contributed by atoms with E-state index in [1.165, 1.54) is 42.5 Å². The molecule has 0 aromatic heterocycles. The molecule has 0 aliphatic heterocycles. The molecule has 0 bridgehead atoms. The van der Waals surface area contributed by atoms with Gasteiger partial charge in [-0.15, -0.1) is 0 Å². The van der Waals surface area contributed by atoms with Crippen molar-refractivity contribution in [2.45, 2.75) is 36.3 Å². The first-order valence-corrected chi connectivity index (χ1v) is 12.5. The number of carbonyl (C=O) groups is 1. The zero-order chi connectivity index (χ0) is 25.6. The summed E-state index contributed by atoms with van der Waals surface area (Å²) in [6.07, 6.45) is -3.63. The average molecular weight is 524 g/mol. The van der Waals surface area contributed by atoms with Gasteiger partial charge < -0.3 is 5.11 Å². The van der Waals surface area contributed by atoms with Crippen LogP contribution in [-0.4, -0.2) is 32.2 Å². The summed E-state index contributed by atoms with van der Waals surface area (Å²) in [6, 6.07) is 16.1. The van der Waals surface area contributed by atoms with Crippen LogP contribution in [0.5, 0.6) is 0 Å². The normalized spacial score (nSPS) is 15.0. The second-order valence-corrected chi connectivity index (χ2v) is 10.8. The molecular weight excluding hydrogens is 503 g/mol. The SMILES string of the molecule is Cc1cc(C2(C(=O)O)CC2)ccc1-c1ccc(N(CC(F)(F)F)S(=O)(=O)c2cccc(Cl)c2)cc1. The summed E-state index contributed by atoms with van der Waals surface area (Å²) in [4.78, 5) is 11.3. The van der Waals surface area contributed by atoms with E-state index in [0.717, 1.165) is 17.2 Å². The molecule has 3 aromatic rings. The number of rotatable bonds is 7. The Hall–Kier alpha value is -3.04. The number of hydrogen-bond acceptors (Lipinski definition) is 3. The summed E-state index contributed by atoms with van der Waals surface area (Å²) in [5.41, 5.74) is 1.95. The van der Waals surface area contributed by atoms with Crippen molar-refractivity contribution in [2.75, 3.05) is 10.8 Å². The number of nitrogens with zero attached hydrogens (tertiary/aromatic N) is 1. The first-order valence-electron chi connectivity index (χ1n) is 10.6. The number of benzene rings is 3. The lowest BCUT2D eigenvalue weighted by atomic mass is 9.91. The van der Waals surface area contributed by atoms with Gasteiger partial charge in [0.2, 0.25) is 0 Å². The number of alkyl halides is 3. The molecule has 35 heavy (non-hydrogen) atoms. The Bertz CT molecular complexity index is 1380. The van der Waals surface area contributed by atoms with E-state index in [9.17, 15) is 31.5 Å². The molecule has 4 rings (SSSR count). The highest BCUT2D eigenvalue weighted by Gasteiger charge is 2.51. The van der Waals surface area contributed by atoms with Crippen molar-refractivity contribution in [3.63, 3.8) is 0 Å². The highest BCUT2D eigenvalue weighted by molar-refractivity contribution is 7.92. The number of anilines is 1. The van der Waals surface area contributed by atoms with E-state index >= 15 is 0 Å². The fourth-order valence-electron chi connectivity index (χ4n) is 4.08. The molecule has 0 spiro atoms. The molecule has 0 unspecified atom stereocenters. The minimum absolute atomic E-state index is 0.0863. The van der Waals surface area contributed by atoms with Crippen LogP contribution in [0.15, 0.2) is 71.6 Å². The maximum atomic E-state index is 13.3. The number of hydrogen-bond donors (Lipinski definition) is 1. The number of halogens is 4. The highest BCUT2D eigenvalue weighted by Crippen LogP contribution is 2.49. The van der Waals surface area contributed by atoms with Gasteiger partial charge in [-0.25, -0.2) is 8.42 Å². The van der Waals surface area contributed by atoms with Gasteiger partial charge >= 0.3 is 12.1 Å². The Morgan fingerprint density at radius 2 is 1.71 bits per heavy atom.